The fourth-order valence-electron chi connectivity index (χ4n) is 3.08. The maximum Gasteiger partial charge on any atom is 0.246 e. The lowest BCUT2D eigenvalue weighted by molar-refractivity contribution is -0.0660. The summed E-state index contributed by atoms with van der Waals surface area (Å²) in [5, 5.41) is 6.97. The first-order chi connectivity index (χ1) is 18.4. The third kappa shape index (κ3) is 4.38. The quantitative estimate of drug-likeness (QED) is 0.665. The van der Waals surface area contributed by atoms with Crippen molar-refractivity contribution in [2.45, 2.75) is 12.9 Å². The minimum absolute atomic E-state index is 0.0242. The lowest BCUT2D eigenvalue weighted by Gasteiger charge is -2.43. The molecule has 9 heteroatoms. The van der Waals surface area contributed by atoms with Crippen LogP contribution >= 0.6 is 0 Å². The number of benzene rings is 2. The van der Waals surface area contributed by atoms with E-state index in [1.165, 1.54) is 18.5 Å². The molecule has 2 fully saturated rings. The Morgan fingerprint density at radius 1 is 1.03 bits per heavy atom. The predicted octanol–water partition coefficient (Wildman–Crippen LogP) is 3.12. The van der Waals surface area contributed by atoms with Crippen LogP contribution in [0.5, 0.6) is 0 Å². The smallest absolute Gasteiger partial charge is 0.246 e. The second-order valence-electron chi connectivity index (χ2n) is 7.00. The zero-order valence-corrected chi connectivity index (χ0v) is 16.4. The number of nitrogens with one attached hydrogen (secondary N) is 1. The largest absolute Gasteiger partial charge is 0.378 e. The van der Waals surface area contributed by atoms with Gasteiger partial charge >= 0.3 is 0 Å². The SMILES string of the molecule is [2H]C1(N2C([2H])([2H])C([2H])([2H])N(c3cc(C)cc(Nc4ncn(-c5cc(F)cc(F)c5)n4)c3)C([2H])([2H])C2([2H])[2H])COC1. The van der Waals surface area contributed by atoms with E-state index < -0.39 is 56.9 Å². The van der Waals surface area contributed by atoms with E-state index in [4.69, 9.17) is 17.1 Å². The standard InChI is InChI=1S/C22H24F2N6O/c1-15-6-18(11-19(7-15)28-2-4-29(5-3-28)21-12-31-13-21)26-22-25-14-30(27-22)20-9-16(23)8-17(24)10-20/h6-11,14,21H,2-5,12-13H2,1H3,(H,26,27)/i2D2,3D2,4D2,5D2,21D. The molecule has 3 heterocycles. The van der Waals surface area contributed by atoms with Gasteiger partial charge in [-0.3, -0.25) is 4.90 Å². The lowest BCUT2D eigenvalue weighted by Crippen LogP contribution is -2.56. The topological polar surface area (TPSA) is 58.5 Å². The summed E-state index contributed by atoms with van der Waals surface area (Å²) in [6.45, 7) is -11.9. The van der Waals surface area contributed by atoms with Crippen LogP contribution < -0.4 is 10.2 Å². The minimum atomic E-state index is -3.18. The number of hydrogen-bond donors (Lipinski definition) is 1. The van der Waals surface area contributed by atoms with Crippen LogP contribution in [0.25, 0.3) is 5.69 Å². The van der Waals surface area contributed by atoms with E-state index in [0.29, 0.717) is 16.5 Å². The highest BCUT2D eigenvalue weighted by atomic mass is 19.1. The van der Waals surface area contributed by atoms with Gasteiger partial charge in [0.25, 0.3) is 0 Å². The number of ether oxygens (including phenoxy) is 1. The second kappa shape index (κ2) is 8.24. The molecule has 1 aromatic heterocycles. The maximum atomic E-state index is 13.6. The van der Waals surface area contributed by atoms with Gasteiger partial charge < -0.3 is 15.0 Å². The zero-order chi connectivity index (χ0) is 29.5. The molecule has 0 bridgehead atoms. The summed E-state index contributed by atoms with van der Waals surface area (Å²) >= 11 is 0. The predicted molar refractivity (Wildman–Crippen MR) is 114 cm³/mol. The van der Waals surface area contributed by atoms with Crippen molar-refractivity contribution in [3.63, 3.8) is 0 Å². The summed E-state index contributed by atoms with van der Waals surface area (Å²) in [6.07, 6.45) is 1.20. The molecule has 31 heavy (non-hydrogen) atoms. The Hall–Kier alpha value is -3.04. The van der Waals surface area contributed by atoms with E-state index in [1.54, 1.807) is 13.0 Å². The van der Waals surface area contributed by atoms with Crippen LogP contribution in [0.15, 0.2) is 42.7 Å². The van der Waals surface area contributed by atoms with Gasteiger partial charge in [0.2, 0.25) is 5.95 Å². The Morgan fingerprint density at radius 2 is 1.77 bits per heavy atom. The molecule has 0 amide bonds. The number of rotatable bonds is 5. The second-order valence-corrected chi connectivity index (χ2v) is 7.00. The highest BCUT2D eigenvalue weighted by Gasteiger charge is 2.29. The molecule has 2 aromatic carbocycles. The molecule has 162 valence electrons. The van der Waals surface area contributed by atoms with Gasteiger partial charge in [0.05, 0.1) is 31.8 Å². The van der Waals surface area contributed by atoms with Gasteiger partial charge in [0, 0.05) is 48.9 Å². The van der Waals surface area contributed by atoms with Crippen molar-refractivity contribution in [3.8, 4) is 5.69 Å². The molecule has 0 aliphatic carbocycles. The van der Waals surface area contributed by atoms with Crippen LogP contribution in [0.4, 0.5) is 26.1 Å². The summed E-state index contributed by atoms with van der Waals surface area (Å²) < 4.78 is 111. The third-order valence-electron chi connectivity index (χ3n) is 4.58. The van der Waals surface area contributed by atoms with Gasteiger partial charge in [-0.15, -0.1) is 5.10 Å². The van der Waals surface area contributed by atoms with Crippen molar-refractivity contribution < 1.29 is 25.9 Å². The van der Waals surface area contributed by atoms with E-state index in [2.05, 4.69) is 15.4 Å². The van der Waals surface area contributed by atoms with Crippen LogP contribution in [0, 0.1) is 18.6 Å². The summed E-state index contributed by atoms with van der Waals surface area (Å²) in [4.78, 5) is 4.74. The van der Waals surface area contributed by atoms with Crippen molar-refractivity contribution >= 4 is 17.3 Å². The normalized spacial score (nSPS) is 29.4. The van der Waals surface area contributed by atoms with Gasteiger partial charge in [0.15, 0.2) is 0 Å². The van der Waals surface area contributed by atoms with Crippen LogP contribution in [0.2, 0.25) is 0 Å². The van der Waals surface area contributed by atoms with E-state index in [-0.39, 0.29) is 27.9 Å². The van der Waals surface area contributed by atoms with E-state index >= 15 is 0 Å². The molecule has 0 atom stereocenters. The Balaban J connectivity index is 1.53. The molecule has 0 saturated carbocycles. The number of hydrogen-bond acceptors (Lipinski definition) is 6. The molecule has 3 aromatic rings. The molecule has 0 spiro atoms. The van der Waals surface area contributed by atoms with Crippen LogP contribution in [0.3, 0.4) is 0 Å². The van der Waals surface area contributed by atoms with Crippen LogP contribution in [-0.4, -0.2) is 64.9 Å². The number of aromatic nitrogens is 3. The first-order valence-corrected chi connectivity index (χ1v) is 9.36. The summed E-state index contributed by atoms with van der Waals surface area (Å²) in [5.41, 5.74) is 0.569. The number of halogens is 2. The van der Waals surface area contributed by atoms with E-state index in [9.17, 15) is 8.78 Å². The van der Waals surface area contributed by atoms with Gasteiger partial charge in [-0.2, -0.15) is 4.98 Å². The highest BCUT2D eigenvalue weighted by Crippen LogP contribution is 2.26. The average molecular weight is 436 g/mol. The molecule has 2 aliphatic rings. The zero-order valence-electron chi connectivity index (χ0n) is 25.4. The Morgan fingerprint density at radius 3 is 2.45 bits per heavy atom. The Bertz CT molecular complexity index is 1420. The first kappa shape index (κ1) is 12.1. The molecule has 0 unspecified atom stereocenters. The molecule has 7 nitrogen and oxygen atoms in total. The van der Waals surface area contributed by atoms with Gasteiger partial charge in [-0.05, 0) is 42.8 Å². The minimum Gasteiger partial charge on any atom is -0.378 e. The molecule has 5 rings (SSSR count). The fraction of sp³-hybridized carbons (Fsp3) is 0.364. The fourth-order valence-corrected chi connectivity index (χ4v) is 3.08. The lowest BCUT2D eigenvalue weighted by atomic mass is 10.1. The molecule has 2 aliphatic heterocycles. The number of aryl methyl sites for hydroxylation is 1. The summed E-state index contributed by atoms with van der Waals surface area (Å²) in [5.74, 6) is -1.65. The van der Waals surface area contributed by atoms with Gasteiger partial charge in [-0.1, -0.05) is 0 Å². The first-order valence-electron chi connectivity index (χ1n) is 13.9. The summed E-state index contributed by atoms with van der Waals surface area (Å²) in [7, 11) is 0. The van der Waals surface area contributed by atoms with E-state index in [0.717, 1.165) is 16.8 Å². The molecular formula is C22H24F2N6O. The molecule has 2 saturated heterocycles. The van der Waals surface area contributed by atoms with Crippen LogP contribution in [-0.2, 0) is 4.74 Å². The number of piperazine rings is 1. The van der Waals surface area contributed by atoms with E-state index in [1.807, 2.05) is 0 Å². The van der Waals surface area contributed by atoms with Crippen molar-refractivity contribution in [2.75, 3.05) is 49.4 Å². The average Bonchev–Trinajstić information content (AvgIpc) is 3.24. The maximum absolute atomic E-state index is 13.6. The van der Waals surface area contributed by atoms with Gasteiger partial charge in [-0.25, -0.2) is 13.5 Å². The monoisotopic (exact) mass is 435 g/mol. The number of anilines is 3. The molecule has 1 N–H and O–H groups in total. The summed E-state index contributed by atoms with van der Waals surface area (Å²) in [6, 6.07) is 5.02. The third-order valence-corrected chi connectivity index (χ3v) is 4.58. The molecular weight excluding hydrogens is 402 g/mol. The number of nitrogens with zero attached hydrogens (tertiary/aromatic N) is 5. The Labute approximate surface area is 191 Å². The highest BCUT2D eigenvalue weighted by molar-refractivity contribution is 5.64. The van der Waals surface area contributed by atoms with Crippen molar-refractivity contribution in [3.05, 3.63) is 59.9 Å². The Kier molecular flexibility index (Phi) is 3.22. The van der Waals surface area contributed by atoms with Crippen molar-refractivity contribution in [1.82, 2.24) is 19.7 Å². The van der Waals surface area contributed by atoms with Gasteiger partial charge in [0.1, 0.15) is 18.0 Å². The van der Waals surface area contributed by atoms with Crippen LogP contribution in [0.1, 0.15) is 17.9 Å². The van der Waals surface area contributed by atoms with Crippen molar-refractivity contribution in [1.29, 1.82) is 0 Å². The van der Waals surface area contributed by atoms with Crippen molar-refractivity contribution in [2.24, 2.45) is 0 Å². The molecule has 0 radical (unpaired) electrons.